The van der Waals surface area contributed by atoms with Crippen LogP contribution in [0.2, 0.25) is 0 Å². The van der Waals surface area contributed by atoms with Crippen LogP contribution >= 0.6 is 11.3 Å². The van der Waals surface area contributed by atoms with Crippen LogP contribution in [-0.4, -0.2) is 24.5 Å². The fourth-order valence-electron chi connectivity index (χ4n) is 2.48. The monoisotopic (exact) mass is 282 g/mol. The standard InChI is InChI=1S/C16H30N2S/c1-6-14-7-8-16(19-14)15(9-17)18(10-12(2)3)11-13(4)5/h7-8,12-13,15H,6,9-11,17H2,1-5H3. The van der Waals surface area contributed by atoms with E-state index in [0.717, 1.165) is 19.5 Å². The molecule has 0 aliphatic rings. The normalized spacial score (nSPS) is 13.7. The lowest BCUT2D eigenvalue weighted by Crippen LogP contribution is -2.38. The summed E-state index contributed by atoms with van der Waals surface area (Å²) in [5.74, 6) is 1.36. The van der Waals surface area contributed by atoms with Gasteiger partial charge in [-0.2, -0.15) is 0 Å². The predicted octanol–water partition coefficient (Wildman–Crippen LogP) is 3.92. The summed E-state index contributed by atoms with van der Waals surface area (Å²) in [5, 5.41) is 0. The summed E-state index contributed by atoms with van der Waals surface area (Å²) in [7, 11) is 0. The van der Waals surface area contributed by atoms with E-state index >= 15 is 0 Å². The molecule has 1 heterocycles. The van der Waals surface area contributed by atoms with Crippen molar-refractivity contribution in [3.05, 3.63) is 21.9 Å². The summed E-state index contributed by atoms with van der Waals surface area (Å²) >= 11 is 1.93. The zero-order valence-corrected chi connectivity index (χ0v) is 14.0. The zero-order valence-electron chi connectivity index (χ0n) is 13.1. The Hall–Kier alpha value is -0.380. The van der Waals surface area contributed by atoms with Crippen molar-refractivity contribution in [1.82, 2.24) is 4.90 Å². The highest BCUT2D eigenvalue weighted by atomic mass is 32.1. The molecule has 110 valence electrons. The minimum absolute atomic E-state index is 0.384. The molecule has 0 fully saturated rings. The van der Waals surface area contributed by atoms with Crippen molar-refractivity contribution in [2.45, 2.75) is 47.1 Å². The van der Waals surface area contributed by atoms with Crippen molar-refractivity contribution < 1.29 is 0 Å². The van der Waals surface area contributed by atoms with Crippen molar-refractivity contribution in [2.24, 2.45) is 17.6 Å². The van der Waals surface area contributed by atoms with E-state index in [1.54, 1.807) is 0 Å². The van der Waals surface area contributed by atoms with Crippen LogP contribution in [0.5, 0.6) is 0 Å². The topological polar surface area (TPSA) is 29.3 Å². The van der Waals surface area contributed by atoms with Crippen molar-refractivity contribution in [3.8, 4) is 0 Å². The van der Waals surface area contributed by atoms with E-state index in [-0.39, 0.29) is 0 Å². The predicted molar refractivity (Wildman–Crippen MR) is 86.7 cm³/mol. The summed E-state index contributed by atoms with van der Waals surface area (Å²) in [6, 6.07) is 4.91. The molecule has 1 aromatic heterocycles. The first kappa shape index (κ1) is 16.7. The van der Waals surface area contributed by atoms with Crippen LogP contribution in [0.15, 0.2) is 12.1 Å². The lowest BCUT2D eigenvalue weighted by molar-refractivity contribution is 0.162. The van der Waals surface area contributed by atoms with Gasteiger partial charge in [0.2, 0.25) is 0 Å². The van der Waals surface area contributed by atoms with E-state index in [2.05, 4.69) is 51.7 Å². The summed E-state index contributed by atoms with van der Waals surface area (Å²) in [6.45, 7) is 14.3. The number of nitrogens with zero attached hydrogens (tertiary/aromatic N) is 1. The number of nitrogens with two attached hydrogens (primary N) is 1. The molecule has 0 aromatic carbocycles. The molecule has 0 amide bonds. The Morgan fingerprint density at radius 2 is 1.68 bits per heavy atom. The average molecular weight is 282 g/mol. The first-order valence-electron chi connectivity index (χ1n) is 7.50. The Balaban J connectivity index is 2.87. The molecule has 1 unspecified atom stereocenters. The molecule has 0 saturated heterocycles. The number of hydrogen-bond acceptors (Lipinski definition) is 3. The first-order valence-corrected chi connectivity index (χ1v) is 8.32. The van der Waals surface area contributed by atoms with Gasteiger partial charge in [0.25, 0.3) is 0 Å². The molecule has 2 N–H and O–H groups in total. The van der Waals surface area contributed by atoms with Crippen LogP contribution < -0.4 is 5.73 Å². The molecule has 3 heteroatoms. The van der Waals surface area contributed by atoms with E-state index < -0.39 is 0 Å². The summed E-state index contributed by atoms with van der Waals surface area (Å²) in [6.07, 6.45) is 1.12. The molecule has 1 atom stereocenters. The van der Waals surface area contributed by atoms with Gasteiger partial charge in [0.1, 0.15) is 0 Å². The van der Waals surface area contributed by atoms with Crippen LogP contribution in [0, 0.1) is 11.8 Å². The molecule has 0 spiro atoms. The van der Waals surface area contributed by atoms with Gasteiger partial charge in [-0.1, -0.05) is 34.6 Å². The molecule has 1 aromatic rings. The third-order valence-electron chi connectivity index (χ3n) is 3.22. The van der Waals surface area contributed by atoms with Crippen LogP contribution in [-0.2, 0) is 6.42 Å². The fourth-order valence-corrected chi connectivity index (χ4v) is 3.58. The molecule has 0 saturated carbocycles. The minimum Gasteiger partial charge on any atom is -0.329 e. The third kappa shape index (κ3) is 5.25. The number of thiophene rings is 1. The maximum Gasteiger partial charge on any atom is 0.0564 e. The Morgan fingerprint density at radius 3 is 2.05 bits per heavy atom. The van der Waals surface area contributed by atoms with Crippen LogP contribution in [0.25, 0.3) is 0 Å². The number of rotatable bonds is 8. The molecule has 1 rings (SSSR count). The van der Waals surface area contributed by atoms with Gasteiger partial charge < -0.3 is 5.73 Å². The van der Waals surface area contributed by atoms with Gasteiger partial charge >= 0.3 is 0 Å². The van der Waals surface area contributed by atoms with Crippen molar-refractivity contribution in [2.75, 3.05) is 19.6 Å². The SMILES string of the molecule is CCc1ccc(C(CN)N(CC(C)C)CC(C)C)s1. The molecule has 0 bridgehead atoms. The lowest BCUT2D eigenvalue weighted by atomic mass is 10.1. The zero-order chi connectivity index (χ0) is 14.4. The minimum atomic E-state index is 0.384. The van der Waals surface area contributed by atoms with Gasteiger partial charge in [-0.3, -0.25) is 4.90 Å². The second-order valence-electron chi connectivity index (χ2n) is 6.15. The lowest BCUT2D eigenvalue weighted by Gasteiger charge is -2.33. The molecule has 19 heavy (non-hydrogen) atoms. The molecular weight excluding hydrogens is 252 g/mol. The highest BCUT2D eigenvalue weighted by Gasteiger charge is 2.22. The quantitative estimate of drug-likeness (QED) is 0.783. The van der Waals surface area contributed by atoms with Gasteiger partial charge in [-0.25, -0.2) is 0 Å². The van der Waals surface area contributed by atoms with Gasteiger partial charge in [0.15, 0.2) is 0 Å². The number of hydrogen-bond donors (Lipinski definition) is 1. The molecule has 0 aliphatic carbocycles. The summed E-state index contributed by atoms with van der Waals surface area (Å²) in [4.78, 5) is 5.46. The van der Waals surface area contributed by atoms with Crippen molar-refractivity contribution in [3.63, 3.8) is 0 Å². The van der Waals surface area contributed by atoms with Gasteiger partial charge in [0, 0.05) is 29.4 Å². The Morgan fingerprint density at radius 1 is 1.11 bits per heavy atom. The van der Waals surface area contributed by atoms with E-state index in [1.165, 1.54) is 9.75 Å². The van der Waals surface area contributed by atoms with Crippen LogP contribution in [0.1, 0.15) is 50.4 Å². The Kier molecular flexibility index (Phi) is 7.05. The van der Waals surface area contributed by atoms with Crippen molar-refractivity contribution >= 4 is 11.3 Å². The fraction of sp³-hybridized carbons (Fsp3) is 0.750. The second kappa shape index (κ2) is 8.03. The highest BCUT2D eigenvalue weighted by molar-refractivity contribution is 7.12. The van der Waals surface area contributed by atoms with E-state index in [4.69, 9.17) is 5.73 Å². The summed E-state index contributed by atoms with van der Waals surface area (Å²) < 4.78 is 0. The largest absolute Gasteiger partial charge is 0.329 e. The number of aryl methyl sites for hydroxylation is 1. The highest BCUT2D eigenvalue weighted by Crippen LogP contribution is 2.28. The van der Waals surface area contributed by atoms with E-state index in [9.17, 15) is 0 Å². The maximum atomic E-state index is 6.07. The van der Waals surface area contributed by atoms with Crippen LogP contribution in [0.4, 0.5) is 0 Å². The smallest absolute Gasteiger partial charge is 0.0564 e. The van der Waals surface area contributed by atoms with Gasteiger partial charge in [-0.05, 0) is 30.4 Å². The first-order chi connectivity index (χ1) is 8.97. The average Bonchev–Trinajstić information content (AvgIpc) is 2.77. The van der Waals surface area contributed by atoms with E-state index in [1.807, 2.05) is 11.3 Å². The van der Waals surface area contributed by atoms with Gasteiger partial charge in [-0.15, -0.1) is 11.3 Å². The van der Waals surface area contributed by atoms with Gasteiger partial charge in [0.05, 0.1) is 6.04 Å². The molecule has 0 radical (unpaired) electrons. The second-order valence-corrected chi connectivity index (χ2v) is 7.35. The summed E-state index contributed by atoms with van der Waals surface area (Å²) in [5.41, 5.74) is 6.07. The van der Waals surface area contributed by atoms with Crippen LogP contribution in [0.3, 0.4) is 0 Å². The molecule has 0 aliphatic heterocycles. The third-order valence-corrected chi connectivity index (χ3v) is 4.55. The maximum absolute atomic E-state index is 6.07. The molecular formula is C16H30N2S. The van der Waals surface area contributed by atoms with E-state index in [0.29, 0.717) is 24.4 Å². The molecule has 2 nitrogen and oxygen atoms in total. The van der Waals surface area contributed by atoms with Crippen molar-refractivity contribution in [1.29, 1.82) is 0 Å². The Bertz CT molecular complexity index is 347. The Labute approximate surface area is 123 Å².